The van der Waals surface area contributed by atoms with Crippen LogP contribution in [0.1, 0.15) is 12.8 Å². The fourth-order valence-corrected chi connectivity index (χ4v) is 5.18. The number of amides is 4. The Kier molecular flexibility index (Phi) is 23.6. The van der Waals surface area contributed by atoms with Crippen LogP contribution in [-0.4, -0.2) is 216 Å². The van der Waals surface area contributed by atoms with Crippen LogP contribution in [0.4, 0.5) is 9.59 Å². The van der Waals surface area contributed by atoms with Gasteiger partial charge in [0.15, 0.2) is 0 Å². The molecule has 4 amide bonds. The van der Waals surface area contributed by atoms with Crippen molar-refractivity contribution in [3.8, 4) is 0 Å². The van der Waals surface area contributed by atoms with E-state index >= 15 is 0 Å². The first kappa shape index (κ1) is 40.6. The number of rotatable bonds is 0. The smallest absolute Gasteiger partial charge is 0.320 e. The highest BCUT2D eigenvalue weighted by atomic mass is 16.6. The fraction of sp³-hybridized carbons (Fsp3) is 0.938. The predicted octanol–water partition coefficient (Wildman–Crippen LogP) is 0.421. The number of fused-ring (bicyclic) bond motifs is 4. The fourth-order valence-electron chi connectivity index (χ4n) is 5.18. The molecular formula is C32H60N4O12. The minimum absolute atomic E-state index is 0.0273. The van der Waals surface area contributed by atoms with E-state index in [1.54, 1.807) is 0 Å². The van der Waals surface area contributed by atoms with Gasteiger partial charge in [0.2, 0.25) is 0 Å². The number of urea groups is 2. The van der Waals surface area contributed by atoms with Crippen molar-refractivity contribution >= 4 is 12.1 Å². The summed E-state index contributed by atoms with van der Waals surface area (Å²) in [5.74, 6) is 0. The van der Waals surface area contributed by atoms with Gasteiger partial charge in [-0.15, -0.1) is 0 Å². The van der Waals surface area contributed by atoms with Gasteiger partial charge in [-0.25, -0.2) is 9.59 Å². The molecule has 0 saturated carbocycles. The Bertz CT molecular complexity index is 697. The second kappa shape index (κ2) is 27.9. The number of ether oxygens (including phenoxy) is 10. The monoisotopic (exact) mass is 692 g/mol. The summed E-state index contributed by atoms with van der Waals surface area (Å²) in [6, 6.07) is 0.0546. The van der Waals surface area contributed by atoms with Gasteiger partial charge >= 0.3 is 12.1 Å². The van der Waals surface area contributed by atoms with E-state index in [0.717, 1.165) is 39.0 Å². The third kappa shape index (κ3) is 18.8. The van der Waals surface area contributed by atoms with Crippen molar-refractivity contribution in [1.82, 2.24) is 19.6 Å². The summed E-state index contributed by atoms with van der Waals surface area (Å²) in [4.78, 5) is 32.9. The van der Waals surface area contributed by atoms with E-state index in [-0.39, 0.29) is 12.1 Å². The molecule has 4 bridgehead atoms. The van der Waals surface area contributed by atoms with E-state index < -0.39 is 0 Å². The van der Waals surface area contributed by atoms with Gasteiger partial charge in [0.05, 0.1) is 132 Å². The van der Waals surface area contributed by atoms with E-state index in [1.807, 2.05) is 19.6 Å². The molecule has 3 fully saturated rings. The summed E-state index contributed by atoms with van der Waals surface area (Å²) >= 11 is 0. The molecule has 3 heterocycles. The van der Waals surface area contributed by atoms with Crippen molar-refractivity contribution < 1.29 is 57.0 Å². The van der Waals surface area contributed by atoms with E-state index in [2.05, 4.69) is 0 Å². The lowest BCUT2D eigenvalue weighted by Crippen LogP contribution is -2.51. The molecule has 0 atom stereocenters. The van der Waals surface area contributed by atoms with Crippen molar-refractivity contribution in [2.24, 2.45) is 0 Å². The van der Waals surface area contributed by atoms with Crippen LogP contribution in [0.5, 0.6) is 0 Å². The number of hydrogen-bond donors (Lipinski definition) is 0. The molecule has 0 aliphatic carbocycles. The molecule has 48 heavy (non-hydrogen) atoms. The van der Waals surface area contributed by atoms with Crippen LogP contribution >= 0.6 is 0 Å². The molecule has 3 aliphatic heterocycles. The molecule has 3 rings (SSSR count). The van der Waals surface area contributed by atoms with Crippen molar-refractivity contribution in [2.45, 2.75) is 12.8 Å². The van der Waals surface area contributed by atoms with Crippen LogP contribution in [-0.2, 0) is 47.4 Å². The third-order valence-corrected chi connectivity index (χ3v) is 7.79. The Morgan fingerprint density at radius 3 is 0.604 bits per heavy atom. The average molecular weight is 693 g/mol. The van der Waals surface area contributed by atoms with Crippen LogP contribution < -0.4 is 0 Å². The van der Waals surface area contributed by atoms with E-state index in [9.17, 15) is 9.59 Å². The second-order valence-electron chi connectivity index (χ2n) is 11.3. The molecule has 3 saturated heterocycles. The van der Waals surface area contributed by atoms with Crippen molar-refractivity contribution in [2.75, 3.05) is 184 Å². The van der Waals surface area contributed by atoms with E-state index in [0.29, 0.717) is 158 Å². The highest BCUT2D eigenvalue weighted by Gasteiger charge is 2.26. The van der Waals surface area contributed by atoms with E-state index in [1.165, 1.54) is 0 Å². The molecule has 3 aliphatic rings. The Hall–Kier alpha value is -1.86. The number of hydrogen-bond acceptors (Lipinski definition) is 12. The molecule has 0 unspecified atom stereocenters. The quantitative estimate of drug-likeness (QED) is 0.348. The zero-order valence-corrected chi connectivity index (χ0v) is 28.9. The minimum atomic E-state index is 0.0273. The largest absolute Gasteiger partial charge is 0.377 e. The number of carbonyl (C=O) groups is 2. The predicted molar refractivity (Wildman–Crippen MR) is 175 cm³/mol. The number of carbonyl (C=O) groups excluding carboxylic acids is 2. The molecule has 16 heteroatoms. The molecule has 0 aromatic heterocycles. The van der Waals surface area contributed by atoms with Crippen molar-refractivity contribution in [3.05, 3.63) is 0 Å². The maximum atomic E-state index is 12.8. The first-order chi connectivity index (χ1) is 23.8. The van der Waals surface area contributed by atoms with Crippen LogP contribution in [0.3, 0.4) is 0 Å². The first-order valence-electron chi connectivity index (χ1n) is 17.6. The third-order valence-electron chi connectivity index (χ3n) is 7.79. The molecule has 280 valence electrons. The van der Waals surface area contributed by atoms with Gasteiger partial charge in [0.25, 0.3) is 0 Å². The highest BCUT2D eigenvalue weighted by molar-refractivity contribution is 5.75. The van der Waals surface area contributed by atoms with Gasteiger partial charge in [-0.2, -0.15) is 0 Å². The maximum absolute atomic E-state index is 12.8. The Morgan fingerprint density at radius 2 is 0.417 bits per heavy atom. The SMILES string of the molecule is O=C1N2CCCN1CCOCCOCCOCCOCCOCCN1CCCN(CCOCCOCCOCCOCCOCC2)C1=O. The van der Waals surface area contributed by atoms with Gasteiger partial charge in [-0.3, -0.25) is 0 Å². The van der Waals surface area contributed by atoms with Gasteiger partial charge < -0.3 is 67.0 Å². The summed E-state index contributed by atoms with van der Waals surface area (Å²) in [5, 5.41) is 0. The normalized spacial score (nSPS) is 24.6. The zero-order chi connectivity index (χ0) is 33.7. The van der Waals surface area contributed by atoms with Crippen molar-refractivity contribution in [1.29, 1.82) is 0 Å². The zero-order valence-electron chi connectivity index (χ0n) is 28.9. The lowest BCUT2D eigenvalue weighted by Gasteiger charge is -2.35. The molecular weight excluding hydrogens is 632 g/mol. The van der Waals surface area contributed by atoms with E-state index in [4.69, 9.17) is 47.4 Å². The summed E-state index contributed by atoms with van der Waals surface area (Å²) < 4.78 is 56.0. The minimum Gasteiger partial charge on any atom is -0.377 e. The molecule has 0 N–H and O–H groups in total. The standard InChI is InChI=1S/C32H60N4O12/c37-31-33-3-1-4-34(31)8-12-40-16-20-44-24-28-48-30-26-46-22-18-42-14-10-36-6-2-5-35(32(36)38)9-13-41-17-21-45-25-29-47-27-23-43-19-15-39-11-7-33/h1-30H2. The first-order valence-corrected chi connectivity index (χ1v) is 17.6. The molecule has 0 aromatic carbocycles. The van der Waals surface area contributed by atoms with Crippen LogP contribution in [0.15, 0.2) is 0 Å². The lowest BCUT2D eigenvalue weighted by molar-refractivity contribution is -0.0154. The highest BCUT2D eigenvalue weighted by Crippen LogP contribution is 2.10. The van der Waals surface area contributed by atoms with Gasteiger partial charge in [0, 0.05) is 52.4 Å². The van der Waals surface area contributed by atoms with Crippen molar-refractivity contribution in [3.63, 3.8) is 0 Å². The molecule has 16 nitrogen and oxygen atoms in total. The van der Waals surface area contributed by atoms with Gasteiger partial charge in [-0.1, -0.05) is 0 Å². The molecule has 0 aromatic rings. The lowest BCUT2D eigenvalue weighted by atomic mass is 10.3. The van der Waals surface area contributed by atoms with Gasteiger partial charge in [0.1, 0.15) is 0 Å². The number of nitrogens with zero attached hydrogens (tertiary/aromatic N) is 4. The average Bonchev–Trinajstić information content (AvgIpc) is 3.09. The summed E-state index contributed by atoms with van der Waals surface area (Å²) in [5.41, 5.74) is 0. The molecule has 0 spiro atoms. The molecule has 0 radical (unpaired) electrons. The Morgan fingerprint density at radius 1 is 0.250 bits per heavy atom. The summed E-state index contributed by atoms with van der Waals surface area (Å²) in [6.45, 7) is 14.6. The maximum Gasteiger partial charge on any atom is 0.320 e. The summed E-state index contributed by atoms with van der Waals surface area (Å²) in [7, 11) is 0. The summed E-state index contributed by atoms with van der Waals surface area (Å²) in [6.07, 6.45) is 1.85. The van der Waals surface area contributed by atoms with Crippen LogP contribution in [0.25, 0.3) is 0 Å². The van der Waals surface area contributed by atoms with Gasteiger partial charge in [-0.05, 0) is 12.8 Å². The second-order valence-corrected chi connectivity index (χ2v) is 11.3. The van der Waals surface area contributed by atoms with Crippen LogP contribution in [0.2, 0.25) is 0 Å². The topological polar surface area (TPSA) is 139 Å². The Labute approximate surface area is 286 Å². The van der Waals surface area contributed by atoms with Crippen LogP contribution in [0, 0.1) is 0 Å². The Balaban J connectivity index is 1.27.